The molecule has 0 bridgehead atoms. The second-order valence-electron chi connectivity index (χ2n) is 8.66. The van der Waals surface area contributed by atoms with E-state index in [9.17, 15) is 9.90 Å². The summed E-state index contributed by atoms with van der Waals surface area (Å²) in [4.78, 5) is 19.6. The van der Waals surface area contributed by atoms with E-state index in [2.05, 4.69) is 6.07 Å². The quantitative estimate of drug-likeness (QED) is 0.703. The Bertz CT molecular complexity index is 1050. The van der Waals surface area contributed by atoms with Crippen molar-refractivity contribution in [2.24, 2.45) is 5.92 Å². The number of hydrogen-bond donors (Lipinski definition) is 1. The third-order valence-corrected chi connectivity index (χ3v) is 5.73. The lowest BCUT2D eigenvalue weighted by Gasteiger charge is -2.30. The Morgan fingerprint density at radius 2 is 1.83 bits per heavy atom. The maximum Gasteiger partial charge on any atom is 0.266 e. The van der Waals surface area contributed by atoms with Crippen LogP contribution in [0.4, 0.5) is 0 Å². The van der Waals surface area contributed by atoms with Crippen LogP contribution in [0.25, 0.3) is 10.9 Å². The molecular weight excluding hydrogens is 376 g/mol. The molecule has 1 aliphatic heterocycles. The van der Waals surface area contributed by atoms with Gasteiger partial charge in [-0.05, 0) is 51.5 Å². The van der Waals surface area contributed by atoms with E-state index in [1.54, 1.807) is 18.7 Å². The number of ether oxygens (including phenoxy) is 1. The lowest BCUT2D eigenvalue weighted by Crippen LogP contribution is -2.48. The number of rotatable bonds is 5. The Morgan fingerprint density at radius 1 is 1.10 bits per heavy atom. The molecule has 1 saturated heterocycles. The highest BCUT2D eigenvalue weighted by Gasteiger charge is 2.41. The number of aromatic nitrogens is 1. The van der Waals surface area contributed by atoms with Crippen LogP contribution in [0.5, 0.6) is 5.75 Å². The minimum absolute atomic E-state index is 0.0437. The number of aliphatic hydroxyl groups is 1. The predicted molar refractivity (Wildman–Crippen MR) is 117 cm³/mol. The van der Waals surface area contributed by atoms with Crippen LogP contribution in [0.1, 0.15) is 25.1 Å². The molecule has 5 nitrogen and oxygen atoms in total. The second kappa shape index (κ2) is 8.07. The first kappa shape index (κ1) is 20.4. The zero-order valence-electron chi connectivity index (χ0n) is 17.7. The number of pyridine rings is 1. The van der Waals surface area contributed by atoms with Gasteiger partial charge in [-0.1, -0.05) is 42.0 Å². The summed E-state index contributed by atoms with van der Waals surface area (Å²) in [6, 6.07) is 19.7. The van der Waals surface area contributed by atoms with Gasteiger partial charge in [0.2, 0.25) is 0 Å². The number of likely N-dealkylation sites (tertiary alicyclic amines) is 1. The van der Waals surface area contributed by atoms with Gasteiger partial charge in [-0.3, -0.25) is 9.78 Å². The first-order valence-corrected chi connectivity index (χ1v) is 10.4. The van der Waals surface area contributed by atoms with Crippen LogP contribution < -0.4 is 4.74 Å². The van der Waals surface area contributed by atoms with Crippen molar-refractivity contribution in [1.82, 2.24) is 9.88 Å². The molecule has 4 rings (SSSR count). The van der Waals surface area contributed by atoms with E-state index in [1.807, 2.05) is 61.5 Å². The van der Waals surface area contributed by atoms with E-state index >= 15 is 0 Å². The summed E-state index contributed by atoms with van der Waals surface area (Å²) in [5.41, 5.74) is 2.01. The Labute approximate surface area is 177 Å². The highest BCUT2D eigenvalue weighted by molar-refractivity contribution is 5.85. The molecule has 2 aromatic carbocycles. The zero-order chi connectivity index (χ0) is 21.3. The Balaban J connectivity index is 1.43. The van der Waals surface area contributed by atoms with E-state index in [-0.39, 0.29) is 11.8 Å². The number of carbonyl (C=O) groups is 1. The normalized spacial score (nSPS) is 19.3. The van der Waals surface area contributed by atoms with Crippen molar-refractivity contribution >= 4 is 16.8 Å². The van der Waals surface area contributed by atoms with Crippen LogP contribution in [0.3, 0.4) is 0 Å². The van der Waals surface area contributed by atoms with Crippen molar-refractivity contribution < 1.29 is 14.6 Å². The van der Waals surface area contributed by atoms with Crippen LogP contribution >= 0.6 is 0 Å². The van der Waals surface area contributed by atoms with E-state index in [0.717, 1.165) is 22.2 Å². The molecule has 3 aromatic rings. The average Bonchev–Trinajstić information content (AvgIpc) is 3.09. The molecule has 1 aromatic heterocycles. The highest BCUT2D eigenvalue weighted by Crippen LogP contribution is 2.27. The SMILES string of the molecule is Cc1ccc(OC(C)(C)C(=O)N2C[C@@H](Cc3ccc4ccccc4n3)[C@H](O)C2)cc1. The molecule has 1 amide bonds. The van der Waals surface area contributed by atoms with Gasteiger partial charge in [0.1, 0.15) is 5.75 Å². The number of aryl methyl sites for hydroxylation is 1. The van der Waals surface area contributed by atoms with E-state index in [1.165, 1.54) is 0 Å². The van der Waals surface area contributed by atoms with Crippen molar-refractivity contribution in [3.05, 3.63) is 71.9 Å². The number of β-amino-alcohol motifs (C(OH)–C–C–N with tert-alkyl or cyclic N) is 1. The number of fused-ring (bicyclic) bond motifs is 1. The van der Waals surface area contributed by atoms with Crippen LogP contribution in [-0.2, 0) is 11.2 Å². The Hall–Kier alpha value is -2.92. The lowest BCUT2D eigenvalue weighted by atomic mass is 9.99. The number of nitrogens with zero attached hydrogens (tertiary/aromatic N) is 2. The predicted octanol–water partition coefficient (Wildman–Crippen LogP) is 3.76. The first-order valence-electron chi connectivity index (χ1n) is 10.4. The van der Waals surface area contributed by atoms with Crippen molar-refractivity contribution in [3.63, 3.8) is 0 Å². The number of carbonyl (C=O) groups excluding carboxylic acids is 1. The minimum Gasteiger partial charge on any atom is -0.478 e. The average molecular weight is 405 g/mol. The molecule has 156 valence electrons. The fourth-order valence-electron chi connectivity index (χ4n) is 4.04. The van der Waals surface area contributed by atoms with Gasteiger partial charge in [0.05, 0.1) is 11.6 Å². The molecule has 2 heterocycles. The van der Waals surface area contributed by atoms with Gasteiger partial charge in [0.25, 0.3) is 5.91 Å². The maximum atomic E-state index is 13.1. The third kappa shape index (κ3) is 4.31. The monoisotopic (exact) mass is 404 g/mol. The molecule has 0 unspecified atom stereocenters. The standard InChI is InChI=1S/C25H28N2O3/c1-17-8-12-21(13-9-17)30-25(2,3)24(29)27-15-19(23(28)16-27)14-20-11-10-18-6-4-5-7-22(18)26-20/h4-13,19,23,28H,14-16H2,1-3H3/t19-,23-/m1/s1. The zero-order valence-corrected chi connectivity index (χ0v) is 17.7. The number of para-hydroxylation sites is 1. The summed E-state index contributed by atoms with van der Waals surface area (Å²) < 4.78 is 5.98. The van der Waals surface area contributed by atoms with Gasteiger partial charge in [-0.2, -0.15) is 0 Å². The number of hydrogen-bond acceptors (Lipinski definition) is 4. The molecule has 5 heteroatoms. The van der Waals surface area contributed by atoms with E-state index < -0.39 is 11.7 Å². The molecular formula is C25H28N2O3. The Morgan fingerprint density at radius 3 is 2.60 bits per heavy atom. The van der Waals surface area contributed by atoms with Crippen LogP contribution in [0, 0.1) is 12.8 Å². The smallest absolute Gasteiger partial charge is 0.266 e. The topological polar surface area (TPSA) is 62.7 Å². The molecule has 1 N–H and O–H groups in total. The van der Waals surface area contributed by atoms with Crippen molar-refractivity contribution in [2.45, 2.75) is 38.9 Å². The summed E-state index contributed by atoms with van der Waals surface area (Å²) in [6.45, 7) is 6.38. The largest absolute Gasteiger partial charge is 0.478 e. The van der Waals surface area contributed by atoms with Crippen LogP contribution in [0.15, 0.2) is 60.7 Å². The van der Waals surface area contributed by atoms with Gasteiger partial charge in [-0.25, -0.2) is 0 Å². The fraction of sp³-hybridized carbons (Fsp3) is 0.360. The summed E-state index contributed by atoms with van der Waals surface area (Å²) in [6.07, 6.45) is 0.0621. The molecule has 1 aliphatic rings. The summed E-state index contributed by atoms with van der Waals surface area (Å²) in [5.74, 6) is 0.504. The van der Waals surface area contributed by atoms with E-state index in [4.69, 9.17) is 9.72 Å². The summed E-state index contributed by atoms with van der Waals surface area (Å²) in [7, 11) is 0. The van der Waals surface area contributed by atoms with Gasteiger partial charge >= 0.3 is 0 Å². The number of aliphatic hydroxyl groups excluding tert-OH is 1. The molecule has 0 saturated carbocycles. The first-order chi connectivity index (χ1) is 14.3. The van der Waals surface area contributed by atoms with Crippen molar-refractivity contribution in [2.75, 3.05) is 13.1 Å². The molecule has 0 aliphatic carbocycles. The van der Waals surface area contributed by atoms with Gasteiger partial charge < -0.3 is 14.7 Å². The minimum atomic E-state index is -1.01. The summed E-state index contributed by atoms with van der Waals surface area (Å²) in [5, 5.41) is 11.7. The molecule has 2 atom stereocenters. The molecule has 0 radical (unpaired) electrons. The third-order valence-electron chi connectivity index (χ3n) is 5.73. The lowest BCUT2D eigenvalue weighted by molar-refractivity contribution is -0.144. The molecule has 0 spiro atoms. The van der Waals surface area contributed by atoms with Crippen molar-refractivity contribution in [3.8, 4) is 5.75 Å². The summed E-state index contributed by atoms with van der Waals surface area (Å²) >= 11 is 0. The molecule has 30 heavy (non-hydrogen) atoms. The van der Waals surface area contributed by atoms with E-state index in [0.29, 0.717) is 25.3 Å². The molecule has 1 fully saturated rings. The van der Waals surface area contributed by atoms with Gasteiger partial charge in [-0.15, -0.1) is 0 Å². The number of amides is 1. The van der Waals surface area contributed by atoms with Gasteiger partial charge in [0, 0.05) is 30.1 Å². The number of benzene rings is 2. The fourth-order valence-corrected chi connectivity index (χ4v) is 4.04. The Kier molecular flexibility index (Phi) is 5.48. The van der Waals surface area contributed by atoms with Crippen LogP contribution in [0.2, 0.25) is 0 Å². The van der Waals surface area contributed by atoms with Gasteiger partial charge in [0.15, 0.2) is 5.60 Å². The second-order valence-corrected chi connectivity index (χ2v) is 8.66. The maximum absolute atomic E-state index is 13.1. The van der Waals surface area contributed by atoms with Crippen molar-refractivity contribution in [1.29, 1.82) is 0 Å². The van der Waals surface area contributed by atoms with Crippen LogP contribution in [-0.4, -0.2) is 45.7 Å². The highest BCUT2D eigenvalue weighted by atomic mass is 16.5.